The zero-order valence-corrected chi connectivity index (χ0v) is 11.7. The summed E-state index contributed by atoms with van der Waals surface area (Å²) in [6.45, 7) is 3.83. The predicted molar refractivity (Wildman–Crippen MR) is 80.5 cm³/mol. The van der Waals surface area contributed by atoms with Crippen LogP contribution in [0.3, 0.4) is 0 Å². The van der Waals surface area contributed by atoms with Crippen molar-refractivity contribution in [1.82, 2.24) is 14.8 Å². The van der Waals surface area contributed by atoms with E-state index < -0.39 is 0 Å². The fraction of sp³-hybridized carbons (Fsp3) is 0.200. The number of anilines is 2. The first kappa shape index (κ1) is 12.5. The molecule has 2 N–H and O–H groups in total. The van der Waals surface area contributed by atoms with E-state index in [4.69, 9.17) is 0 Å². The minimum absolute atomic E-state index is 0.0893. The highest BCUT2D eigenvalue weighted by atomic mass is 16.1. The number of fused-ring (bicyclic) bond motifs is 1. The Morgan fingerprint density at radius 1 is 1.25 bits per heavy atom. The number of aromatic nitrogens is 3. The molecule has 0 aliphatic rings. The lowest BCUT2D eigenvalue weighted by Crippen LogP contribution is -2.22. The Bertz CT molecular complexity index is 845. The number of hydrogen-bond donors (Lipinski definition) is 2. The van der Waals surface area contributed by atoms with Gasteiger partial charge in [0, 0.05) is 34.9 Å². The van der Waals surface area contributed by atoms with Crippen molar-refractivity contribution >= 4 is 22.3 Å². The van der Waals surface area contributed by atoms with Gasteiger partial charge in [-0.3, -0.25) is 4.79 Å². The van der Waals surface area contributed by atoms with E-state index in [1.165, 1.54) is 4.68 Å². The zero-order valence-electron chi connectivity index (χ0n) is 11.7. The maximum absolute atomic E-state index is 11.9. The molecule has 0 aliphatic carbocycles. The van der Waals surface area contributed by atoms with Gasteiger partial charge in [0.2, 0.25) is 0 Å². The van der Waals surface area contributed by atoms with Crippen LogP contribution in [0.4, 0.5) is 11.4 Å². The third kappa shape index (κ3) is 2.07. The van der Waals surface area contributed by atoms with Gasteiger partial charge in [-0.1, -0.05) is 0 Å². The molecular formula is C15H16N4O. The fourth-order valence-electron chi connectivity index (χ4n) is 2.29. The van der Waals surface area contributed by atoms with Gasteiger partial charge >= 0.3 is 0 Å². The van der Waals surface area contributed by atoms with Crippen molar-refractivity contribution in [3.63, 3.8) is 0 Å². The highest BCUT2D eigenvalue weighted by molar-refractivity contribution is 5.85. The third-order valence-electron chi connectivity index (χ3n) is 3.41. The van der Waals surface area contributed by atoms with Gasteiger partial charge in [-0.2, -0.15) is 5.10 Å². The second-order valence-corrected chi connectivity index (χ2v) is 4.99. The van der Waals surface area contributed by atoms with Crippen LogP contribution in [-0.2, 0) is 7.05 Å². The number of hydrogen-bond acceptors (Lipinski definition) is 3. The number of aromatic amines is 1. The first-order valence-corrected chi connectivity index (χ1v) is 6.44. The van der Waals surface area contributed by atoms with E-state index >= 15 is 0 Å². The summed E-state index contributed by atoms with van der Waals surface area (Å²) in [7, 11) is 1.65. The summed E-state index contributed by atoms with van der Waals surface area (Å²) in [4.78, 5) is 15.1. The number of H-pyrrole nitrogens is 1. The molecule has 0 atom stereocenters. The average molecular weight is 268 g/mol. The smallest absolute Gasteiger partial charge is 0.271 e. The summed E-state index contributed by atoms with van der Waals surface area (Å²) in [5.41, 5.74) is 4.48. The summed E-state index contributed by atoms with van der Waals surface area (Å²) >= 11 is 0. The molecule has 3 rings (SSSR count). The molecule has 2 aromatic heterocycles. The molecule has 20 heavy (non-hydrogen) atoms. The number of nitrogens with zero attached hydrogens (tertiary/aromatic N) is 2. The second kappa shape index (κ2) is 4.52. The molecule has 5 heteroatoms. The molecule has 0 fully saturated rings. The van der Waals surface area contributed by atoms with E-state index in [1.54, 1.807) is 20.2 Å². The van der Waals surface area contributed by atoms with Gasteiger partial charge in [0.1, 0.15) is 0 Å². The lowest BCUT2D eigenvalue weighted by atomic mass is 10.2. The monoisotopic (exact) mass is 268 g/mol. The SMILES string of the molecule is Cc1cc2cc(Nc3cnn(C)c(=O)c3C)ccc2[nH]1. The average Bonchev–Trinajstić information content (AvgIpc) is 2.79. The Labute approximate surface area is 116 Å². The van der Waals surface area contributed by atoms with Gasteiger partial charge in [0.25, 0.3) is 5.56 Å². The van der Waals surface area contributed by atoms with Crippen molar-refractivity contribution < 1.29 is 0 Å². The van der Waals surface area contributed by atoms with E-state index in [9.17, 15) is 4.79 Å². The highest BCUT2D eigenvalue weighted by Gasteiger charge is 2.06. The van der Waals surface area contributed by atoms with Gasteiger partial charge < -0.3 is 10.3 Å². The van der Waals surface area contributed by atoms with Crippen LogP contribution in [0.5, 0.6) is 0 Å². The summed E-state index contributed by atoms with van der Waals surface area (Å²) in [5, 5.41) is 8.43. The summed E-state index contributed by atoms with van der Waals surface area (Å²) in [6, 6.07) is 8.15. The minimum Gasteiger partial charge on any atom is -0.359 e. The highest BCUT2D eigenvalue weighted by Crippen LogP contribution is 2.23. The molecular weight excluding hydrogens is 252 g/mol. The van der Waals surface area contributed by atoms with Crippen molar-refractivity contribution in [1.29, 1.82) is 0 Å². The first-order chi connectivity index (χ1) is 9.54. The number of benzene rings is 1. The number of aryl methyl sites for hydroxylation is 2. The third-order valence-corrected chi connectivity index (χ3v) is 3.41. The molecule has 0 radical (unpaired) electrons. The van der Waals surface area contributed by atoms with Gasteiger partial charge in [0.15, 0.2) is 0 Å². The molecule has 0 spiro atoms. The Morgan fingerprint density at radius 2 is 2.05 bits per heavy atom. The maximum Gasteiger partial charge on any atom is 0.271 e. The molecule has 0 saturated heterocycles. The molecule has 1 aromatic carbocycles. The predicted octanol–water partition coefficient (Wildman–Crippen LogP) is 2.62. The summed E-state index contributed by atoms with van der Waals surface area (Å²) in [5.74, 6) is 0. The van der Waals surface area contributed by atoms with E-state index in [2.05, 4.69) is 27.5 Å². The normalized spacial score (nSPS) is 10.9. The van der Waals surface area contributed by atoms with E-state index in [0.29, 0.717) is 5.56 Å². The van der Waals surface area contributed by atoms with Crippen LogP contribution in [-0.4, -0.2) is 14.8 Å². The van der Waals surface area contributed by atoms with Crippen molar-refractivity contribution in [2.75, 3.05) is 5.32 Å². The van der Waals surface area contributed by atoms with Gasteiger partial charge in [0.05, 0.1) is 11.9 Å². The van der Waals surface area contributed by atoms with Crippen molar-refractivity contribution in [3.05, 3.63) is 52.1 Å². The zero-order chi connectivity index (χ0) is 14.3. The Hall–Kier alpha value is -2.56. The Balaban J connectivity index is 2.00. The summed E-state index contributed by atoms with van der Waals surface area (Å²) < 4.78 is 1.33. The molecule has 0 unspecified atom stereocenters. The Kier molecular flexibility index (Phi) is 2.82. The molecule has 0 bridgehead atoms. The quantitative estimate of drug-likeness (QED) is 0.751. The van der Waals surface area contributed by atoms with Crippen LogP contribution in [0.1, 0.15) is 11.3 Å². The van der Waals surface area contributed by atoms with Crippen LogP contribution in [0, 0.1) is 13.8 Å². The number of rotatable bonds is 2. The fourth-order valence-corrected chi connectivity index (χ4v) is 2.29. The molecule has 3 aromatic rings. The van der Waals surface area contributed by atoms with Crippen LogP contribution in [0.15, 0.2) is 35.3 Å². The molecule has 5 nitrogen and oxygen atoms in total. The van der Waals surface area contributed by atoms with Crippen LogP contribution in [0.25, 0.3) is 10.9 Å². The van der Waals surface area contributed by atoms with Crippen molar-refractivity contribution in [3.8, 4) is 0 Å². The van der Waals surface area contributed by atoms with Crippen molar-refractivity contribution in [2.24, 2.45) is 7.05 Å². The van der Waals surface area contributed by atoms with Crippen LogP contribution < -0.4 is 10.9 Å². The van der Waals surface area contributed by atoms with Crippen LogP contribution in [0.2, 0.25) is 0 Å². The summed E-state index contributed by atoms with van der Waals surface area (Å²) in [6.07, 6.45) is 1.67. The molecule has 0 aliphatic heterocycles. The lowest BCUT2D eigenvalue weighted by Gasteiger charge is -2.09. The minimum atomic E-state index is -0.0893. The molecule has 2 heterocycles. The largest absolute Gasteiger partial charge is 0.359 e. The lowest BCUT2D eigenvalue weighted by molar-refractivity contribution is 0.702. The van der Waals surface area contributed by atoms with E-state index in [1.807, 2.05) is 19.1 Å². The van der Waals surface area contributed by atoms with E-state index in [-0.39, 0.29) is 5.56 Å². The molecule has 0 amide bonds. The van der Waals surface area contributed by atoms with Crippen LogP contribution >= 0.6 is 0 Å². The number of nitrogens with one attached hydrogen (secondary N) is 2. The molecule has 0 saturated carbocycles. The van der Waals surface area contributed by atoms with Gasteiger partial charge in [-0.25, -0.2) is 4.68 Å². The Morgan fingerprint density at radius 3 is 2.85 bits per heavy atom. The standard InChI is InChI=1S/C15H16N4O/c1-9-6-11-7-12(4-5-13(11)17-9)18-14-8-16-19(3)15(20)10(14)2/h4-8,17-18H,1-3H3. The first-order valence-electron chi connectivity index (χ1n) is 6.44. The van der Waals surface area contributed by atoms with Crippen molar-refractivity contribution in [2.45, 2.75) is 13.8 Å². The topological polar surface area (TPSA) is 62.7 Å². The molecule has 102 valence electrons. The van der Waals surface area contributed by atoms with Gasteiger partial charge in [-0.15, -0.1) is 0 Å². The maximum atomic E-state index is 11.9. The van der Waals surface area contributed by atoms with Gasteiger partial charge in [-0.05, 0) is 38.1 Å². The van der Waals surface area contributed by atoms with E-state index in [0.717, 1.165) is 28.0 Å². The second-order valence-electron chi connectivity index (χ2n) is 4.99.